The molecular weight excluding hydrogens is 344 g/mol. The summed E-state index contributed by atoms with van der Waals surface area (Å²) in [5.41, 5.74) is 2.13. The number of aryl methyl sites for hydroxylation is 1. The van der Waals surface area contributed by atoms with Crippen LogP contribution in [0.4, 0.5) is 4.79 Å². The first-order valence-electron chi connectivity index (χ1n) is 8.96. The van der Waals surface area contributed by atoms with E-state index in [2.05, 4.69) is 15.1 Å². The Hall–Kier alpha value is -3.22. The zero-order chi connectivity index (χ0) is 18.6. The highest BCUT2D eigenvalue weighted by Crippen LogP contribution is 2.29. The molecule has 7 nitrogen and oxygen atoms in total. The highest BCUT2D eigenvalue weighted by atomic mass is 16.6. The van der Waals surface area contributed by atoms with Gasteiger partial charge in [-0.25, -0.2) is 4.79 Å². The number of carbonyl (C=O) groups excluding carboxylic acids is 1. The van der Waals surface area contributed by atoms with Gasteiger partial charge >= 0.3 is 6.09 Å². The molecule has 0 N–H and O–H groups in total. The van der Waals surface area contributed by atoms with Crippen LogP contribution < -0.4 is 4.74 Å². The largest absolute Gasteiger partial charge is 0.415 e. The third-order valence-electron chi connectivity index (χ3n) is 4.69. The summed E-state index contributed by atoms with van der Waals surface area (Å²) in [6.45, 7) is 3.22. The van der Waals surface area contributed by atoms with Gasteiger partial charge in [-0.3, -0.25) is 4.98 Å². The number of benzene rings is 1. The molecule has 3 aromatic rings. The summed E-state index contributed by atoms with van der Waals surface area (Å²) in [4.78, 5) is 22.4. The third-order valence-corrected chi connectivity index (χ3v) is 4.69. The van der Waals surface area contributed by atoms with Crippen LogP contribution in [-0.4, -0.2) is 39.2 Å². The number of piperidine rings is 1. The number of aromatic nitrogens is 3. The van der Waals surface area contributed by atoms with Gasteiger partial charge in [-0.2, -0.15) is 4.98 Å². The molecule has 0 spiro atoms. The lowest BCUT2D eigenvalue weighted by Gasteiger charge is -2.29. The minimum Gasteiger partial charge on any atom is -0.409 e. The minimum absolute atomic E-state index is 0.152. The standard InChI is InChI=1S/C20H20N4O3/c1-14-4-6-15(7-5-14)18-22-19(27-23-18)16-8-11-24(12-9-16)20(25)26-17-3-2-10-21-13-17/h2-7,10,13,16H,8-9,11-12H2,1H3. The Labute approximate surface area is 157 Å². The quantitative estimate of drug-likeness (QED) is 0.703. The normalized spacial score (nSPS) is 14.9. The minimum atomic E-state index is -0.354. The van der Waals surface area contributed by atoms with Crippen molar-refractivity contribution in [2.45, 2.75) is 25.7 Å². The van der Waals surface area contributed by atoms with E-state index >= 15 is 0 Å². The summed E-state index contributed by atoms with van der Waals surface area (Å²) in [5, 5.41) is 4.10. The number of amides is 1. The molecule has 0 unspecified atom stereocenters. The maximum Gasteiger partial charge on any atom is 0.415 e. The van der Waals surface area contributed by atoms with Gasteiger partial charge in [-0.1, -0.05) is 35.0 Å². The third kappa shape index (κ3) is 3.97. The molecule has 2 aromatic heterocycles. The van der Waals surface area contributed by atoms with Gasteiger partial charge in [-0.05, 0) is 31.9 Å². The molecule has 4 rings (SSSR count). The van der Waals surface area contributed by atoms with Gasteiger partial charge in [0.05, 0.1) is 6.20 Å². The predicted octanol–water partition coefficient (Wildman–Crippen LogP) is 3.82. The van der Waals surface area contributed by atoms with Crippen molar-refractivity contribution in [1.82, 2.24) is 20.0 Å². The second-order valence-electron chi connectivity index (χ2n) is 6.64. The van der Waals surface area contributed by atoms with Crippen LogP contribution in [-0.2, 0) is 0 Å². The second-order valence-corrected chi connectivity index (χ2v) is 6.64. The molecule has 3 heterocycles. The number of ether oxygens (including phenoxy) is 1. The Bertz CT molecular complexity index is 900. The van der Waals surface area contributed by atoms with E-state index in [1.807, 2.05) is 31.2 Å². The van der Waals surface area contributed by atoms with Crippen molar-refractivity contribution in [2.24, 2.45) is 0 Å². The maximum atomic E-state index is 12.3. The number of hydrogen-bond acceptors (Lipinski definition) is 6. The fraction of sp³-hybridized carbons (Fsp3) is 0.300. The average Bonchev–Trinajstić information content (AvgIpc) is 3.20. The lowest BCUT2D eigenvalue weighted by molar-refractivity contribution is 0.135. The van der Waals surface area contributed by atoms with Crippen molar-refractivity contribution in [1.29, 1.82) is 0 Å². The van der Waals surface area contributed by atoms with Gasteiger partial charge in [0, 0.05) is 30.8 Å². The first-order valence-corrected chi connectivity index (χ1v) is 8.96. The molecule has 27 heavy (non-hydrogen) atoms. The summed E-state index contributed by atoms with van der Waals surface area (Å²) in [7, 11) is 0. The fourth-order valence-corrected chi connectivity index (χ4v) is 3.10. The Balaban J connectivity index is 1.35. The Morgan fingerprint density at radius 3 is 2.67 bits per heavy atom. The van der Waals surface area contributed by atoms with Crippen molar-refractivity contribution in [3.05, 3.63) is 60.2 Å². The number of rotatable bonds is 3. The summed E-state index contributed by atoms with van der Waals surface area (Å²) < 4.78 is 10.8. The maximum absolute atomic E-state index is 12.3. The number of nitrogens with zero attached hydrogens (tertiary/aromatic N) is 4. The van der Waals surface area contributed by atoms with Crippen LogP contribution in [0.2, 0.25) is 0 Å². The molecule has 0 bridgehead atoms. The van der Waals surface area contributed by atoms with Crippen LogP contribution in [0.15, 0.2) is 53.3 Å². The van der Waals surface area contributed by atoms with E-state index in [9.17, 15) is 4.79 Å². The van der Waals surface area contributed by atoms with E-state index in [1.54, 1.807) is 23.2 Å². The van der Waals surface area contributed by atoms with Crippen LogP contribution in [0.5, 0.6) is 5.75 Å². The van der Waals surface area contributed by atoms with E-state index in [1.165, 1.54) is 11.8 Å². The molecule has 1 amide bonds. The van der Waals surface area contributed by atoms with Crippen LogP contribution in [0.1, 0.15) is 30.2 Å². The number of carbonyl (C=O) groups is 1. The first kappa shape index (κ1) is 17.2. The molecule has 1 aliphatic heterocycles. The molecule has 1 fully saturated rings. The Morgan fingerprint density at radius 2 is 1.96 bits per heavy atom. The average molecular weight is 364 g/mol. The lowest BCUT2D eigenvalue weighted by Crippen LogP contribution is -2.39. The molecule has 1 saturated heterocycles. The number of pyridine rings is 1. The molecule has 0 aliphatic carbocycles. The van der Waals surface area contributed by atoms with E-state index in [0.29, 0.717) is 30.6 Å². The molecule has 1 aromatic carbocycles. The van der Waals surface area contributed by atoms with Crippen LogP contribution >= 0.6 is 0 Å². The molecule has 0 atom stereocenters. The zero-order valence-electron chi connectivity index (χ0n) is 15.0. The molecule has 0 saturated carbocycles. The fourth-order valence-electron chi connectivity index (χ4n) is 3.10. The van der Waals surface area contributed by atoms with E-state index in [4.69, 9.17) is 9.26 Å². The second kappa shape index (κ2) is 7.57. The van der Waals surface area contributed by atoms with Gasteiger partial charge in [-0.15, -0.1) is 0 Å². The number of hydrogen-bond donors (Lipinski definition) is 0. The van der Waals surface area contributed by atoms with E-state index in [-0.39, 0.29) is 12.0 Å². The molecule has 7 heteroatoms. The van der Waals surface area contributed by atoms with Crippen molar-refractivity contribution in [2.75, 3.05) is 13.1 Å². The van der Waals surface area contributed by atoms with Crippen molar-refractivity contribution in [3.8, 4) is 17.1 Å². The SMILES string of the molecule is Cc1ccc(-c2noc(C3CCN(C(=O)Oc4cccnc4)CC3)n2)cc1. The molecular formula is C20H20N4O3. The van der Waals surface area contributed by atoms with Gasteiger partial charge in [0.2, 0.25) is 11.7 Å². The first-order chi connectivity index (χ1) is 13.2. The summed E-state index contributed by atoms with van der Waals surface area (Å²) in [6.07, 6.45) is 4.33. The highest BCUT2D eigenvalue weighted by molar-refractivity contribution is 5.70. The summed E-state index contributed by atoms with van der Waals surface area (Å²) in [6, 6.07) is 11.5. The van der Waals surface area contributed by atoms with Crippen LogP contribution in [0.25, 0.3) is 11.4 Å². The molecule has 138 valence electrons. The molecule has 1 aliphatic rings. The van der Waals surface area contributed by atoms with Gasteiger partial charge in [0.15, 0.2) is 5.75 Å². The number of likely N-dealkylation sites (tertiary alicyclic amines) is 1. The molecule has 0 radical (unpaired) electrons. The summed E-state index contributed by atoms with van der Waals surface area (Å²) >= 11 is 0. The topological polar surface area (TPSA) is 81.4 Å². The van der Waals surface area contributed by atoms with Crippen molar-refractivity contribution < 1.29 is 14.1 Å². The van der Waals surface area contributed by atoms with Gasteiger partial charge in [0.25, 0.3) is 0 Å². The Morgan fingerprint density at radius 1 is 1.19 bits per heavy atom. The van der Waals surface area contributed by atoms with Crippen LogP contribution in [0.3, 0.4) is 0 Å². The zero-order valence-corrected chi connectivity index (χ0v) is 15.0. The monoisotopic (exact) mass is 364 g/mol. The van der Waals surface area contributed by atoms with Crippen molar-refractivity contribution >= 4 is 6.09 Å². The van der Waals surface area contributed by atoms with E-state index < -0.39 is 0 Å². The van der Waals surface area contributed by atoms with Crippen molar-refractivity contribution in [3.63, 3.8) is 0 Å². The van der Waals surface area contributed by atoms with E-state index in [0.717, 1.165) is 18.4 Å². The van der Waals surface area contributed by atoms with Gasteiger partial charge in [0.1, 0.15) is 0 Å². The smallest absolute Gasteiger partial charge is 0.409 e. The predicted molar refractivity (Wildman–Crippen MR) is 98.3 cm³/mol. The highest BCUT2D eigenvalue weighted by Gasteiger charge is 2.28. The van der Waals surface area contributed by atoms with Gasteiger partial charge < -0.3 is 14.2 Å². The summed E-state index contributed by atoms with van der Waals surface area (Å²) in [5.74, 6) is 1.83. The lowest BCUT2D eigenvalue weighted by atomic mass is 9.97. The Kier molecular flexibility index (Phi) is 4.82. The van der Waals surface area contributed by atoms with Crippen LogP contribution in [0, 0.1) is 6.92 Å².